The van der Waals surface area contributed by atoms with Crippen molar-refractivity contribution in [3.05, 3.63) is 41.2 Å². The summed E-state index contributed by atoms with van der Waals surface area (Å²) in [6.45, 7) is 0.0799. The predicted octanol–water partition coefficient (Wildman–Crippen LogP) is 1.38. The number of aliphatic hydroxyl groups excluding tert-OH is 1. The first-order valence-corrected chi connectivity index (χ1v) is 4.32. The highest BCUT2D eigenvalue weighted by Gasteiger charge is 2.24. The number of cyclic esters (lactones) is 1. The maximum absolute atomic E-state index is 10.9. The molecule has 0 spiro atoms. The van der Waals surface area contributed by atoms with E-state index >= 15 is 0 Å². The molecule has 0 amide bonds. The Morgan fingerprint density at radius 3 is 2.47 bits per heavy atom. The molecule has 0 atom stereocenters. The van der Waals surface area contributed by atoms with Crippen molar-refractivity contribution in [2.45, 2.75) is 0 Å². The number of aliphatic hydroxyl groups is 1. The number of hydrogen-bond donors (Lipinski definition) is 1. The molecule has 0 saturated carbocycles. The third kappa shape index (κ3) is 1.55. The molecule has 74 valence electrons. The highest BCUT2D eigenvalue weighted by Crippen LogP contribution is 2.24. The summed E-state index contributed by atoms with van der Waals surface area (Å²) in [5.41, 5.74) is 1.69. The van der Waals surface area contributed by atoms with Crippen LogP contribution in [0.15, 0.2) is 30.0 Å². The van der Waals surface area contributed by atoms with Crippen LogP contribution in [0.5, 0.6) is 0 Å². The highest BCUT2D eigenvalue weighted by molar-refractivity contribution is 5.99. The molecule has 0 unspecified atom stereocenters. The Labute approximate surface area is 86.0 Å². The lowest BCUT2D eigenvalue weighted by Gasteiger charge is -1.99. The van der Waals surface area contributed by atoms with Gasteiger partial charge in [0, 0.05) is 5.57 Å². The normalized spacial score (nSPS) is 15.0. The van der Waals surface area contributed by atoms with Crippen molar-refractivity contribution in [3.63, 3.8) is 0 Å². The van der Waals surface area contributed by atoms with Crippen LogP contribution in [-0.4, -0.2) is 17.7 Å². The van der Waals surface area contributed by atoms with E-state index in [2.05, 4.69) is 4.74 Å². The number of benzene rings is 1. The van der Waals surface area contributed by atoms with Gasteiger partial charge in [0.25, 0.3) is 0 Å². The van der Waals surface area contributed by atoms with Gasteiger partial charge in [-0.1, -0.05) is 12.1 Å². The van der Waals surface area contributed by atoms with Gasteiger partial charge in [0.15, 0.2) is 0 Å². The zero-order valence-corrected chi connectivity index (χ0v) is 7.73. The molecule has 4 heteroatoms. The van der Waals surface area contributed by atoms with Crippen LogP contribution in [0.25, 0.3) is 5.57 Å². The first-order valence-electron chi connectivity index (χ1n) is 4.32. The van der Waals surface area contributed by atoms with Crippen molar-refractivity contribution in [1.82, 2.24) is 0 Å². The third-order valence-electron chi connectivity index (χ3n) is 2.19. The Morgan fingerprint density at radius 1 is 1.33 bits per heavy atom. The summed E-state index contributed by atoms with van der Waals surface area (Å²) in [6.07, 6.45) is 0. The maximum atomic E-state index is 10.9. The first kappa shape index (κ1) is 9.28. The minimum atomic E-state index is -0.700. The number of esters is 1. The van der Waals surface area contributed by atoms with Gasteiger partial charge in [-0.05, 0) is 17.7 Å². The van der Waals surface area contributed by atoms with E-state index < -0.39 is 5.97 Å². The van der Waals surface area contributed by atoms with Crippen molar-refractivity contribution < 1.29 is 14.6 Å². The fourth-order valence-corrected chi connectivity index (χ4v) is 1.36. The number of carbonyl (C=O) groups is 1. The van der Waals surface area contributed by atoms with Crippen molar-refractivity contribution in [1.29, 1.82) is 5.26 Å². The number of rotatable bonds is 1. The van der Waals surface area contributed by atoms with E-state index in [4.69, 9.17) is 5.26 Å². The molecule has 1 heterocycles. The minimum absolute atomic E-state index is 0.0799. The number of nitriles is 1. The van der Waals surface area contributed by atoms with Crippen molar-refractivity contribution in [3.8, 4) is 6.07 Å². The number of nitrogens with zero attached hydrogens (tertiary/aromatic N) is 1. The van der Waals surface area contributed by atoms with E-state index in [-0.39, 0.29) is 12.4 Å². The molecule has 1 N–H and O–H groups in total. The van der Waals surface area contributed by atoms with Gasteiger partial charge in [0.05, 0.1) is 11.6 Å². The van der Waals surface area contributed by atoms with Crippen molar-refractivity contribution in [2.24, 2.45) is 0 Å². The molecular formula is C11H7NO3. The molecule has 0 saturated heterocycles. The number of carbonyl (C=O) groups excluding carboxylic acids is 1. The molecule has 4 nitrogen and oxygen atoms in total. The van der Waals surface area contributed by atoms with Crippen LogP contribution in [0.3, 0.4) is 0 Å². The topological polar surface area (TPSA) is 70.3 Å². The highest BCUT2D eigenvalue weighted by atomic mass is 16.6. The van der Waals surface area contributed by atoms with Crippen LogP contribution >= 0.6 is 0 Å². The van der Waals surface area contributed by atoms with Gasteiger partial charge in [0.2, 0.25) is 5.76 Å². The van der Waals surface area contributed by atoms with E-state index in [1.807, 2.05) is 6.07 Å². The molecule has 0 aromatic heterocycles. The summed E-state index contributed by atoms with van der Waals surface area (Å²) < 4.78 is 4.66. The lowest BCUT2D eigenvalue weighted by molar-refractivity contribution is -0.138. The Kier molecular flexibility index (Phi) is 2.14. The van der Waals surface area contributed by atoms with E-state index in [1.54, 1.807) is 24.3 Å². The summed E-state index contributed by atoms with van der Waals surface area (Å²) in [4.78, 5) is 10.9. The summed E-state index contributed by atoms with van der Waals surface area (Å²) in [5.74, 6) is -1.05. The molecule has 2 rings (SSSR count). The van der Waals surface area contributed by atoms with E-state index in [0.717, 1.165) is 0 Å². The molecule has 0 bridgehead atoms. The Hall–Kier alpha value is -2.28. The Bertz CT molecular complexity index is 480. The molecule has 15 heavy (non-hydrogen) atoms. The molecule has 0 aliphatic carbocycles. The van der Waals surface area contributed by atoms with E-state index in [0.29, 0.717) is 16.7 Å². The van der Waals surface area contributed by atoms with Crippen LogP contribution in [0.1, 0.15) is 11.1 Å². The quantitative estimate of drug-likeness (QED) is 0.697. The zero-order chi connectivity index (χ0) is 10.8. The first-order chi connectivity index (χ1) is 7.22. The minimum Gasteiger partial charge on any atom is -0.502 e. The van der Waals surface area contributed by atoms with Gasteiger partial charge in [-0.3, -0.25) is 0 Å². The number of hydrogen-bond acceptors (Lipinski definition) is 4. The molecular weight excluding hydrogens is 194 g/mol. The van der Waals surface area contributed by atoms with Gasteiger partial charge < -0.3 is 9.84 Å². The monoisotopic (exact) mass is 201 g/mol. The smallest absolute Gasteiger partial charge is 0.374 e. The predicted molar refractivity (Wildman–Crippen MR) is 51.7 cm³/mol. The molecule has 0 fully saturated rings. The summed E-state index contributed by atoms with van der Waals surface area (Å²) in [5, 5.41) is 18.0. The second kappa shape index (κ2) is 3.46. The fourth-order valence-electron chi connectivity index (χ4n) is 1.36. The van der Waals surface area contributed by atoms with Gasteiger partial charge >= 0.3 is 5.97 Å². The van der Waals surface area contributed by atoms with Gasteiger partial charge in [0.1, 0.15) is 6.61 Å². The van der Waals surface area contributed by atoms with Gasteiger partial charge in [-0.15, -0.1) is 0 Å². The zero-order valence-electron chi connectivity index (χ0n) is 7.73. The Balaban J connectivity index is 2.40. The van der Waals surface area contributed by atoms with Gasteiger partial charge in [-0.2, -0.15) is 5.26 Å². The Morgan fingerprint density at radius 2 is 2.00 bits per heavy atom. The van der Waals surface area contributed by atoms with Gasteiger partial charge in [-0.25, -0.2) is 4.79 Å². The van der Waals surface area contributed by atoms with E-state index in [1.165, 1.54) is 0 Å². The second-order valence-electron chi connectivity index (χ2n) is 3.09. The number of ether oxygens (including phenoxy) is 1. The summed E-state index contributed by atoms with van der Waals surface area (Å²) in [6, 6.07) is 8.58. The summed E-state index contributed by atoms with van der Waals surface area (Å²) >= 11 is 0. The third-order valence-corrected chi connectivity index (χ3v) is 2.19. The van der Waals surface area contributed by atoms with Crippen LogP contribution in [0.2, 0.25) is 0 Å². The van der Waals surface area contributed by atoms with Crippen molar-refractivity contribution >= 4 is 11.5 Å². The molecule has 0 radical (unpaired) electrons. The SMILES string of the molecule is N#Cc1ccc(C2=C(O)C(=O)OC2)cc1. The average Bonchev–Trinajstić information content (AvgIpc) is 2.60. The molecule has 1 aromatic rings. The molecule has 1 aromatic carbocycles. The van der Waals surface area contributed by atoms with Crippen LogP contribution in [0, 0.1) is 11.3 Å². The van der Waals surface area contributed by atoms with Crippen LogP contribution in [-0.2, 0) is 9.53 Å². The standard InChI is InChI=1S/C11H7NO3/c12-5-7-1-3-8(4-2-7)9-6-15-11(14)10(9)13/h1-4,13H,6H2. The lowest BCUT2D eigenvalue weighted by Crippen LogP contribution is -1.97. The lowest BCUT2D eigenvalue weighted by atomic mass is 10.0. The van der Waals surface area contributed by atoms with E-state index in [9.17, 15) is 9.90 Å². The second-order valence-corrected chi connectivity index (χ2v) is 3.09. The molecule has 1 aliphatic rings. The fraction of sp³-hybridized carbons (Fsp3) is 0.0909. The largest absolute Gasteiger partial charge is 0.502 e. The van der Waals surface area contributed by atoms with Crippen LogP contribution in [0.4, 0.5) is 0 Å². The molecule has 1 aliphatic heterocycles. The summed E-state index contributed by atoms with van der Waals surface area (Å²) in [7, 11) is 0. The average molecular weight is 201 g/mol. The van der Waals surface area contributed by atoms with Crippen LogP contribution < -0.4 is 0 Å². The van der Waals surface area contributed by atoms with Crippen molar-refractivity contribution in [2.75, 3.05) is 6.61 Å². The maximum Gasteiger partial charge on any atom is 0.374 e.